The second kappa shape index (κ2) is 25.1. The minimum Gasteiger partial charge on any atom is -0.394 e. The Balaban J connectivity index is 3.07. The number of rotatable bonds is 25. The summed E-state index contributed by atoms with van der Waals surface area (Å²) in [5.74, 6) is 0. The average molecular weight is 429 g/mol. The fourth-order valence-electron chi connectivity index (χ4n) is 4.28. The van der Waals surface area contributed by atoms with Crippen LogP contribution in [0, 0.1) is 0 Å². The standard InChI is InChI=1S/C27H56O3/c1-2-3-4-5-6-7-8-9-10-11-12-13-14-15-16-17-18-19-20-21-22-23-24-26(29)27(30)25-28/h26-30H,2-25H2,1H3. The molecule has 0 amide bonds. The van der Waals surface area contributed by atoms with Crippen molar-refractivity contribution in [2.24, 2.45) is 0 Å². The molecule has 0 spiro atoms. The van der Waals surface area contributed by atoms with E-state index < -0.39 is 12.2 Å². The minimum atomic E-state index is -0.972. The van der Waals surface area contributed by atoms with E-state index in [4.69, 9.17) is 5.11 Å². The molecule has 0 fully saturated rings. The van der Waals surface area contributed by atoms with Gasteiger partial charge in [0.2, 0.25) is 0 Å². The Morgan fingerprint density at radius 3 is 0.933 bits per heavy atom. The van der Waals surface area contributed by atoms with Crippen molar-refractivity contribution in [1.29, 1.82) is 0 Å². The first kappa shape index (κ1) is 29.9. The summed E-state index contributed by atoms with van der Waals surface area (Å²) in [5, 5.41) is 27.6. The molecule has 30 heavy (non-hydrogen) atoms. The van der Waals surface area contributed by atoms with Gasteiger partial charge in [-0.15, -0.1) is 0 Å². The average Bonchev–Trinajstić information content (AvgIpc) is 2.76. The van der Waals surface area contributed by atoms with Crippen LogP contribution in [-0.4, -0.2) is 34.1 Å². The summed E-state index contributed by atoms with van der Waals surface area (Å²) in [5.41, 5.74) is 0. The molecule has 0 aromatic heterocycles. The SMILES string of the molecule is CCCCCCCCCCCCCCCCCCCCCCCCC(O)C(O)CO. The topological polar surface area (TPSA) is 60.7 Å². The van der Waals surface area contributed by atoms with E-state index in [1.807, 2.05) is 0 Å². The third-order valence-electron chi connectivity index (χ3n) is 6.48. The van der Waals surface area contributed by atoms with Crippen LogP contribution < -0.4 is 0 Å². The largest absolute Gasteiger partial charge is 0.394 e. The summed E-state index contributed by atoms with van der Waals surface area (Å²) in [4.78, 5) is 0. The Kier molecular flexibility index (Phi) is 25.0. The number of aliphatic hydroxyl groups excluding tert-OH is 3. The highest BCUT2D eigenvalue weighted by molar-refractivity contribution is 4.65. The van der Waals surface area contributed by atoms with E-state index in [9.17, 15) is 10.2 Å². The van der Waals surface area contributed by atoms with Gasteiger partial charge in [-0.3, -0.25) is 0 Å². The maximum Gasteiger partial charge on any atom is 0.103 e. The van der Waals surface area contributed by atoms with E-state index in [1.54, 1.807) is 0 Å². The van der Waals surface area contributed by atoms with E-state index in [1.165, 1.54) is 128 Å². The normalized spacial score (nSPS) is 13.6. The fourth-order valence-corrected chi connectivity index (χ4v) is 4.28. The van der Waals surface area contributed by atoms with Crippen LogP contribution in [-0.2, 0) is 0 Å². The van der Waals surface area contributed by atoms with Crippen molar-refractivity contribution in [2.75, 3.05) is 6.61 Å². The van der Waals surface area contributed by atoms with Crippen LogP contribution in [0.15, 0.2) is 0 Å². The van der Waals surface area contributed by atoms with Crippen LogP contribution in [0.4, 0.5) is 0 Å². The van der Waals surface area contributed by atoms with Gasteiger partial charge in [0.25, 0.3) is 0 Å². The molecule has 0 bridgehead atoms. The Morgan fingerprint density at radius 2 is 0.667 bits per heavy atom. The second-order valence-electron chi connectivity index (χ2n) is 9.53. The summed E-state index contributed by atoms with van der Waals surface area (Å²) >= 11 is 0. The molecule has 0 rings (SSSR count). The lowest BCUT2D eigenvalue weighted by atomic mass is 10.0. The van der Waals surface area contributed by atoms with Crippen molar-refractivity contribution in [1.82, 2.24) is 0 Å². The maximum absolute atomic E-state index is 9.57. The molecule has 3 nitrogen and oxygen atoms in total. The Hall–Kier alpha value is -0.120. The first-order valence-electron chi connectivity index (χ1n) is 13.7. The molecule has 2 unspecified atom stereocenters. The molecule has 0 saturated carbocycles. The first-order valence-corrected chi connectivity index (χ1v) is 13.7. The Morgan fingerprint density at radius 1 is 0.400 bits per heavy atom. The van der Waals surface area contributed by atoms with E-state index in [0.717, 1.165) is 12.8 Å². The molecule has 3 N–H and O–H groups in total. The number of hydrogen-bond acceptors (Lipinski definition) is 3. The zero-order chi connectivity index (χ0) is 22.1. The smallest absolute Gasteiger partial charge is 0.103 e. The van der Waals surface area contributed by atoms with Crippen molar-refractivity contribution in [3.8, 4) is 0 Å². The van der Waals surface area contributed by atoms with Gasteiger partial charge in [-0.05, 0) is 6.42 Å². The maximum atomic E-state index is 9.57. The molecular formula is C27H56O3. The molecule has 0 heterocycles. The molecule has 2 atom stereocenters. The summed E-state index contributed by atoms with van der Waals surface area (Å²) in [6.45, 7) is 1.94. The van der Waals surface area contributed by atoms with Crippen LogP contribution in [0.3, 0.4) is 0 Å². The second-order valence-corrected chi connectivity index (χ2v) is 9.53. The van der Waals surface area contributed by atoms with Crippen molar-refractivity contribution in [3.05, 3.63) is 0 Å². The van der Waals surface area contributed by atoms with Gasteiger partial charge < -0.3 is 15.3 Å². The zero-order valence-electron chi connectivity index (χ0n) is 20.5. The molecule has 3 heteroatoms. The predicted octanol–water partition coefficient (Wildman–Crippen LogP) is 7.69. The van der Waals surface area contributed by atoms with Gasteiger partial charge >= 0.3 is 0 Å². The minimum absolute atomic E-state index is 0.347. The lowest BCUT2D eigenvalue weighted by Gasteiger charge is -2.14. The van der Waals surface area contributed by atoms with Gasteiger partial charge in [-0.2, -0.15) is 0 Å². The summed E-state index contributed by atoms with van der Waals surface area (Å²) < 4.78 is 0. The predicted molar refractivity (Wildman–Crippen MR) is 131 cm³/mol. The van der Waals surface area contributed by atoms with Crippen LogP contribution in [0.5, 0.6) is 0 Å². The van der Waals surface area contributed by atoms with Gasteiger partial charge in [0, 0.05) is 0 Å². The van der Waals surface area contributed by atoms with Crippen LogP contribution in [0.25, 0.3) is 0 Å². The monoisotopic (exact) mass is 428 g/mol. The van der Waals surface area contributed by atoms with Crippen LogP contribution >= 0.6 is 0 Å². The summed E-state index contributed by atoms with van der Waals surface area (Å²) in [6, 6.07) is 0. The molecule has 0 radical (unpaired) electrons. The molecule has 0 aliphatic carbocycles. The molecule has 0 aromatic carbocycles. The third kappa shape index (κ3) is 22.6. The van der Waals surface area contributed by atoms with Crippen molar-refractivity contribution in [3.63, 3.8) is 0 Å². The van der Waals surface area contributed by atoms with E-state index in [-0.39, 0.29) is 6.61 Å². The van der Waals surface area contributed by atoms with Crippen LogP contribution in [0.1, 0.15) is 155 Å². The van der Waals surface area contributed by atoms with Gasteiger partial charge in [0.1, 0.15) is 6.10 Å². The van der Waals surface area contributed by atoms with Crippen molar-refractivity contribution in [2.45, 2.75) is 167 Å². The van der Waals surface area contributed by atoms with Gasteiger partial charge in [-0.1, -0.05) is 148 Å². The fraction of sp³-hybridized carbons (Fsp3) is 1.00. The molecule has 0 saturated heterocycles. The van der Waals surface area contributed by atoms with Crippen molar-refractivity contribution >= 4 is 0 Å². The Labute approximate surface area is 189 Å². The van der Waals surface area contributed by atoms with Gasteiger partial charge in [0.05, 0.1) is 12.7 Å². The molecule has 0 aliphatic rings. The van der Waals surface area contributed by atoms with E-state index in [2.05, 4.69) is 6.92 Å². The Bertz CT molecular complexity index is 308. The van der Waals surface area contributed by atoms with E-state index >= 15 is 0 Å². The quantitative estimate of drug-likeness (QED) is 0.131. The molecule has 0 aromatic rings. The first-order chi connectivity index (χ1) is 14.7. The van der Waals surface area contributed by atoms with Gasteiger partial charge in [0.15, 0.2) is 0 Å². The van der Waals surface area contributed by atoms with Gasteiger partial charge in [-0.25, -0.2) is 0 Å². The highest BCUT2D eigenvalue weighted by Crippen LogP contribution is 2.15. The van der Waals surface area contributed by atoms with Crippen LogP contribution in [0.2, 0.25) is 0 Å². The number of unbranched alkanes of at least 4 members (excludes halogenated alkanes) is 21. The highest BCUT2D eigenvalue weighted by Gasteiger charge is 2.13. The zero-order valence-corrected chi connectivity index (χ0v) is 20.5. The van der Waals surface area contributed by atoms with E-state index in [0.29, 0.717) is 6.42 Å². The lowest BCUT2D eigenvalue weighted by molar-refractivity contribution is -0.0185. The number of hydrogen-bond donors (Lipinski definition) is 3. The summed E-state index contributed by atoms with van der Waals surface area (Å²) in [7, 11) is 0. The molecule has 0 aliphatic heterocycles. The summed E-state index contributed by atoms with van der Waals surface area (Å²) in [6.07, 6.45) is 29.1. The lowest BCUT2D eigenvalue weighted by Crippen LogP contribution is -2.28. The van der Waals surface area contributed by atoms with Crippen molar-refractivity contribution < 1.29 is 15.3 Å². The highest BCUT2D eigenvalue weighted by atomic mass is 16.4. The molecule has 182 valence electrons. The third-order valence-corrected chi connectivity index (χ3v) is 6.48. The molecular weight excluding hydrogens is 372 g/mol. The number of aliphatic hydroxyl groups is 3.